The molecule has 21 heavy (non-hydrogen) atoms. The molecular weight excluding hydrogens is 266 g/mol. The molecule has 1 atom stereocenters. The Hall–Kier alpha value is -2.35. The minimum Gasteiger partial charge on any atom is -0.323 e. The van der Waals surface area contributed by atoms with Crippen LogP contribution in [0.25, 0.3) is 0 Å². The van der Waals surface area contributed by atoms with Crippen molar-refractivity contribution in [3.8, 4) is 6.07 Å². The number of carbonyl (C=O) groups excluding carboxylic acids is 2. The van der Waals surface area contributed by atoms with Crippen molar-refractivity contribution in [2.75, 3.05) is 6.54 Å². The lowest BCUT2D eigenvalue weighted by atomic mass is 9.78. The zero-order valence-electron chi connectivity index (χ0n) is 11.8. The van der Waals surface area contributed by atoms with Crippen molar-refractivity contribution in [1.29, 1.82) is 5.26 Å². The molecule has 5 nitrogen and oxygen atoms in total. The number of amides is 3. The van der Waals surface area contributed by atoms with Crippen LogP contribution in [0.4, 0.5) is 4.79 Å². The predicted octanol–water partition coefficient (Wildman–Crippen LogP) is 1.77. The summed E-state index contributed by atoms with van der Waals surface area (Å²) in [6.45, 7) is 0.321. The molecule has 2 aliphatic rings. The molecule has 1 aromatic rings. The first kappa shape index (κ1) is 13.6. The molecule has 0 aromatic heterocycles. The number of nitrogens with zero attached hydrogens (tertiary/aromatic N) is 2. The molecule has 3 amide bonds. The number of hydrogen-bond donors (Lipinski definition) is 1. The first-order valence-corrected chi connectivity index (χ1v) is 7.24. The second kappa shape index (κ2) is 5.21. The lowest BCUT2D eigenvalue weighted by Gasteiger charge is -2.32. The Balaban J connectivity index is 1.80. The summed E-state index contributed by atoms with van der Waals surface area (Å²) in [6.07, 6.45) is 2.88. The van der Waals surface area contributed by atoms with Crippen molar-refractivity contribution in [3.63, 3.8) is 0 Å². The lowest BCUT2D eigenvalue weighted by molar-refractivity contribution is -0.131. The van der Waals surface area contributed by atoms with Crippen LogP contribution >= 0.6 is 0 Å². The monoisotopic (exact) mass is 283 g/mol. The van der Waals surface area contributed by atoms with Gasteiger partial charge in [-0.25, -0.2) is 4.79 Å². The van der Waals surface area contributed by atoms with E-state index in [4.69, 9.17) is 5.26 Å². The van der Waals surface area contributed by atoms with E-state index in [1.165, 1.54) is 10.5 Å². The predicted molar refractivity (Wildman–Crippen MR) is 76.3 cm³/mol. The smallest absolute Gasteiger partial charge is 0.323 e. The van der Waals surface area contributed by atoms with Gasteiger partial charge in [0.05, 0.1) is 6.07 Å². The van der Waals surface area contributed by atoms with Crippen molar-refractivity contribution in [1.82, 2.24) is 10.2 Å². The second-order valence-electron chi connectivity index (χ2n) is 5.68. The summed E-state index contributed by atoms with van der Waals surface area (Å²) in [7, 11) is 0. The molecule has 1 heterocycles. The number of nitriles is 1. The van der Waals surface area contributed by atoms with Gasteiger partial charge in [0.1, 0.15) is 5.54 Å². The molecule has 0 saturated carbocycles. The Labute approximate surface area is 123 Å². The number of fused-ring (bicyclic) bond motifs is 1. The zero-order chi connectivity index (χ0) is 14.9. The normalized spacial score (nSPS) is 23.9. The maximum absolute atomic E-state index is 12.7. The van der Waals surface area contributed by atoms with Crippen LogP contribution in [-0.4, -0.2) is 28.9 Å². The Morgan fingerprint density at radius 1 is 1.29 bits per heavy atom. The average Bonchev–Trinajstić information content (AvgIpc) is 2.71. The number of carbonyl (C=O) groups is 2. The van der Waals surface area contributed by atoms with Gasteiger partial charge in [0.2, 0.25) is 0 Å². The highest BCUT2D eigenvalue weighted by molar-refractivity contribution is 6.07. The van der Waals surface area contributed by atoms with E-state index in [1.807, 2.05) is 24.3 Å². The molecule has 3 rings (SSSR count). The third kappa shape index (κ3) is 2.27. The van der Waals surface area contributed by atoms with E-state index in [9.17, 15) is 9.59 Å². The second-order valence-corrected chi connectivity index (χ2v) is 5.68. The molecule has 0 bridgehead atoms. The topological polar surface area (TPSA) is 73.2 Å². The van der Waals surface area contributed by atoms with Crippen LogP contribution in [-0.2, 0) is 17.6 Å². The van der Waals surface area contributed by atoms with E-state index in [2.05, 4.69) is 11.4 Å². The van der Waals surface area contributed by atoms with E-state index < -0.39 is 5.54 Å². The summed E-state index contributed by atoms with van der Waals surface area (Å²) in [5.74, 6) is -0.139. The van der Waals surface area contributed by atoms with Gasteiger partial charge in [-0.3, -0.25) is 9.69 Å². The van der Waals surface area contributed by atoms with Crippen LogP contribution in [0.5, 0.6) is 0 Å². The van der Waals surface area contributed by atoms with E-state index >= 15 is 0 Å². The first-order chi connectivity index (χ1) is 10.2. The van der Waals surface area contributed by atoms with Gasteiger partial charge in [-0.2, -0.15) is 5.26 Å². The van der Waals surface area contributed by atoms with Gasteiger partial charge in [0.25, 0.3) is 5.91 Å². The maximum atomic E-state index is 12.7. The average molecular weight is 283 g/mol. The molecule has 1 saturated heterocycles. The maximum Gasteiger partial charge on any atom is 0.325 e. The quantitative estimate of drug-likeness (QED) is 0.678. The van der Waals surface area contributed by atoms with Gasteiger partial charge in [-0.1, -0.05) is 24.3 Å². The van der Waals surface area contributed by atoms with Crippen LogP contribution in [0.15, 0.2) is 24.3 Å². The molecule has 1 unspecified atom stereocenters. The Kier molecular flexibility index (Phi) is 3.38. The number of unbranched alkanes of at least 4 members (excludes halogenated alkanes) is 1. The third-order valence-electron chi connectivity index (χ3n) is 4.35. The highest BCUT2D eigenvalue weighted by Gasteiger charge is 2.51. The molecular formula is C16H17N3O2. The number of benzene rings is 1. The molecule has 5 heteroatoms. The van der Waals surface area contributed by atoms with E-state index in [-0.39, 0.29) is 11.9 Å². The minimum atomic E-state index is -0.780. The summed E-state index contributed by atoms with van der Waals surface area (Å²) in [5.41, 5.74) is 1.61. The largest absolute Gasteiger partial charge is 0.325 e. The highest BCUT2D eigenvalue weighted by atomic mass is 16.2. The van der Waals surface area contributed by atoms with Gasteiger partial charge in [0.15, 0.2) is 0 Å². The molecule has 1 aliphatic carbocycles. The summed E-state index contributed by atoms with van der Waals surface area (Å²) < 4.78 is 0. The Morgan fingerprint density at radius 3 is 2.81 bits per heavy atom. The van der Waals surface area contributed by atoms with Gasteiger partial charge < -0.3 is 5.32 Å². The standard InChI is InChI=1S/C16H17N3O2/c17-9-3-4-10-19-14(20)16(18-15(19)21)8-7-12-5-1-2-6-13(12)11-16/h1-2,5-6H,3-4,7-8,10-11H2,(H,18,21). The molecule has 1 aromatic carbocycles. The summed E-state index contributed by atoms with van der Waals surface area (Å²) in [5, 5.41) is 11.5. The number of nitrogens with one attached hydrogen (secondary N) is 1. The van der Waals surface area contributed by atoms with Crippen molar-refractivity contribution in [2.45, 2.75) is 37.6 Å². The SMILES string of the molecule is N#CCCCN1C(=O)NC2(CCc3ccccc3C2)C1=O. The number of aryl methyl sites for hydroxylation is 1. The lowest BCUT2D eigenvalue weighted by Crippen LogP contribution is -2.51. The van der Waals surface area contributed by atoms with Gasteiger partial charge in [0, 0.05) is 19.4 Å². The fraction of sp³-hybridized carbons (Fsp3) is 0.438. The van der Waals surface area contributed by atoms with Crippen LogP contribution in [0.2, 0.25) is 0 Å². The van der Waals surface area contributed by atoms with Gasteiger partial charge in [-0.05, 0) is 30.4 Å². The van der Waals surface area contributed by atoms with Crippen molar-refractivity contribution in [2.24, 2.45) is 0 Å². The molecule has 108 valence electrons. The van der Waals surface area contributed by atoms with Crippen LogP contribution < -0.4 is 5.32 Å². The summed E-state index contributed by atoms with van der Waals surface area (Å²) in [6, 6.07) is 9.78. The number of rotatable bonds is 3. The fourth-order valence-electron chi connectivity index (χ4n) is 3.22. The van der Waals surface area contributed by atoms with E-state index in [1.54, 1.807) is 0 Å². The third-order valence-corrected chi connectivity index (χ3v) is 4.35. The first-order valence-electron chi connectivity index (χ1n) is 7.24. The van der Waals surface area contributed by atoms with Crippen LogP contribution in [0, 0.1) is 11.3 Å². The van der Waals surface area contributed by atoms with Gasteiger partial charge >= 0.3 is 6.03 Å². The fourth-order valence-corrected chi connectivity index (χ4v) is 3.22. The van der Waals surface area contributed by atoms with Gasteiger partial charge in [-0.15, -0.1) is 0 Å². The molecule has 1 spiro atoms. The summed E-state index contributed by atoms with van der Waals surface area (Å²) in [4.78, 5) is 26.0. The number of hydrogen-bond acceptors (Lipinski definition) is 3. The minimum absolute atomic E-state index is 0.139. The Morgan fingerprint density at radius 2 is 2.05 bits per heavy atom. The zero-order valence-corrected chi connectivity index (χ0v) is 11.8. The van der Waals surface area contributed by atoms with E-state index in [0.717, 1.165) is 12.0 Å². The number of imide groups is 1. The van der Waals surface area contributed by atoms with Crippen molar-refractivity contribution < 1.29 is 9.59 Å². The van der Waals surface area contributed by atoms with Crippen LogP contribution in [0.3, 0.4) is 0 Å². The summed E-state index contributed by atoms with van der Waals surface area (Å²) >= 11 is 0. The molecule has 1 aliphatic heterocycles. The molecule has 0 radical (unpaired) electrons. The van der Waals surface area contributed by atoms with Crippen molar-refractivity contribution in [3.05, 3.63) is 35.4 Å². The number of urea groups is 1. The van der Waals surface area contributed by atoms with Crippen molar-refractivity contribution >= 4 is 11.9 Å². The Bertz CT molecular complexity index is 635. The van der Waals surface area contributed by atoms with Crippen LogP contribution in [0.1, 0.15) is 30.4 Å². The molecule has 1 N–H and O–H groups in total. The van der Waals surface area contributed by atoms with E-state index in [0.29, 0.717) is 32.2 Å². The molecule has 1 fully saturated rings. The highest BCUT2D eigenvalue weighted by Crippen LogP contribution is 2.33.